The van der Waals surface area contributed by atoms with Crippen LogP contribution in [0.2, 0.25) is 0 Å². The van der Waals surface area contributed by atoms with Crippen molar-refractivity contribution in [3.8, 4) is 0 Å². The second-order valence-corrected chi connectivity index (χ2v) is 1.15. The van der Waals surface area contributed by atoms with Crippen molar-refractivity contribution in [3.63, 3.8) is 0 Å². The number of nitrogens with one attached hydrogen (secondary N) is 1. The van der Waals surface area contributed by atoms with E-state index in [1.165, 1.54) is 0 Å². The molecule has 0 bridgehead atoms. The smallest absolute Gasteiger partial charge is 0.288 e. The first-order valence-corrected chi connectivity index (χ1v) is 2.03. The maximum atomic E-state index is 4.13. The number of hydrogen-bond donors (Lipinski definition) is 1. The molecule has 1 aromatic heterocycles. The van der Waals surface area contributed by atoms with Crippen molar-refractivity contribution < 1.29 is 4.63 Å². The third kappa shape index (κ3) is 0.0470. The summed E-state index contributed by atoms with van der Waals surface area (Å²) in [6.45, 7) is 0. The molecule has 1 N–H and O–H groups in total. The van der Waals surface area contributed by atoms with Crippen LogP contribution in [-0.4, -0.2) is 19.1 Å². The molecule has 0 aliphatic heterocycles. The van der Waals surface area contributed by atoms with Crippen molar-refractivity contribution in [3.05, 3.63) is 0 Å². The van der Waals surface area contributed by atoms with Crippen LogP contribution in [0.5, 0.6) is 0 Å². The van der Waals surface area contributed by atoms with Gasteiger partial charge >= 0.3 is 9.46 Å². The molecule has 0 fully saturated rings. The van der Waals surface area contributed by atoms with E-state index in [4.69, 9.17) is 0 Å². The largest absolute Gasteiger partial charge is 0.320 e. The van der Waals surface area contributed by atoms with Crippen LogP contribution in [0.25, 0.3) is 0 Å². The van der Waals surface area contributed by atoms with Gasteiger partial charge in [-0.1, -0.05) is 4.81 Å². The number of hydrogen-bond acceptors (Lipinski definition) is 2. The van der Waals surface area contributed by atoms with E-state index >= 15 is 0 Å². The maximum Gasteiger partial charge on any atom is 0.320 e. The Kier molecular flexibility index (Phi) is 0.248. The maximum absolute atomic E-state index is 4.13. The van der Waals surface area contributed by atoms with E-state index in [-0.39, 0.29) is 9.46 Å². The van der Waals surface area contributed by atoms with Crippen molar-refractivity contribution in [1.29, 1.82) is 0 Å². The first kappa shape index (κ1) is 1.89. The third-order valence-electron chi connectivity index (χ3n) is 0.211. The molecule has 0 saturated heterocycles. The zero-order chi connectivity index (χ0) is 2.83. The molecule has 0 radical (unpaired) electrons. The minimum Gasteiger partial charge on any atom is -0.288 e. The monoisotopic (exact) mass is 74.0 g/mol. The zero-order valence-electron chi connectivity index (χ0n) is 1.93. The van der Waals surface area contributed by atoms with Gasteiger partial charge in [-0.2, -0.15) is 0 Å². The highest BCUT2D eigenvalue weighted by molar-refractivity contribution is 6.12. The van der Waals surface area contributed by atoms with Crippen molar-refractivity contribution in [2.45, 2.75) is 0 Å². The number of rotatable bonds is 0. The minimum absolute atomic E-state index is 0.116. The van der Waals surface area contributed by atoms with Crippen molar-refractivity contribution in [2.75, 3.05) is 0 Å². The number of nitrogens with zero attached hydrogens (tertiary/aromatic N) is 1. The number of aromatic nitrogens is 2. The molecule has 0 aliphatic carbocycles. The Hall–Kier alpha value is -0.383. The summed E-state index contributed by atoms with van der Waals surface area (Å²) in [7, 11) is 0.116. The van der Waals surface area contributed by atoms with E-state index in [1.807, 2.05) is 0 Å². The van der Waals surface area contributed by atoms with Gasteiger partial charge in [0.15, 0.2) is 0 Å². The molecule has 0 aliphatic rings. The lowest BCUT2D eigenvalue weighted by Gasteiger charge is -1.73. The Labute approximate surface area is 24.9 Å². The van der Waals surface area contributed by atoms with Crippen LogP contribution in [0.15, 0.2) is 4.63 Å². The molecule has 4 heteroatoms. The van der Waals surface area contributed by atoms with Gasteiger partial charge in [-0.15, -0.1) is 0 Å². The molecular weight excluding hydrogens is 72.1 g/mol. The quantitative estimate of drug-likeness (QED) is 0.404. The highest BCUT2D eigenvalue weighted by Crippen LogP contribution is 1.44. The number of H-pyrrole nitrogens is 1. The van der Waals surface area contributed by atoms with E-state index in [0.29, 0.717) is 0 Å². The minimum atomic E-state index is 0.116. The van der Waals surface area contributed by atoms with E-state index < -0.39 is 0 Å². The molecule has 0 amide bonds. The fraction of sp³-hybridized carbons (Fsp3) is 0. The molecule has 1 rings (SSSR count). The van der Waals surface area contributed by atoms with Crippen LogP contribution in [0.1, 0.15) is 0 Å². The molecule has 0 aromatic carbocycles. The molecule has 22 valence electrons. The van der Waals surface area contributed by atoms with Gasteiger partial charge in [0, 0.05) is 0 Å². The Balaban J connectivity index is 3.00. The predicted octanol–water partition coefficient (Wildman–Crippen LogP) is -0.927. The summed E-state index contributed by atoms with van der Waals surface area (Å²) < 4.78 is 4.13. The van der Waals surface area contributed by atoms with Gasteiger partial charge in [-0.05, 0) is 0 Å². The van der Waals surface area contributed by atoms with E-state index in [9.17, 15) is 0 Å². The average molecular weight is 74.1 g/mol. The van der Waals surface area contributed by atoms with E-state index in [1.54, 1.807) is 0 Å². The molecule has 1 heterocycles. The summed E-state index contributed by atoms with van der Waals surface area (Å²) in [5.41, 5.74) is 0. The van der Waals surface area contributed by atoms with E-state index in [0.717, 1.165) is 0 Å². The molecule has 3 nitrogen and oxygen atoms in total. The lowest BCUT2D eigenvalue weighted by molar-refractivity contribution is 0.284. The van der Waals surface area contributed by atoms with Gasteiger partial charge in [0.25, 0.3) is 0 Å². The first-order chi connectivity index (χ1) is 2.00. The van der Waals surface area contributed by atoms with Crippen LogP contribution in [0.3, 0.4) is 0 Å². The van der Waals surface area contributed by atoms with Crippen molar-refractivity contribution >= 4 is 9.46 Å². The Morgan fingerprint density at radius 3 is 2.25 bits per heavy atom. The van der Waals surface area contributed by atoms with Crippen LogP contribution < -0.4 is 0 Å². The molecular formula is H2N2OSi. The van der Waals surface area contributed by atoms with Crippen LogP contribution in [0, 0.1) is 0 Å². The van der Waals surface area contributed by atoms with Gasteiger partial charge in [0.1, 0.15) is 0 Å². The van der Waals surface area contributed by atoms with Gasteiger partial charge in [0.2, 0.25) is 0 Å². The fourth-order valence-corrected chi connectivity index (χ4v) is 0.158. The molecule has 1 aromatic rings. The molecule has 0 atom stereocenters. The summed E-state index contributed by atoms with van der Waals surface area (Å²) in [6.07, 6.45) is 0. The fourth-order valence-electron chi connectivity index (χ4n) is 0.0527. The third-order valence-corrected chi connectivity index (χ3v) is 0.632. The van der Waals surface area contributed by atoms with Gasteiger partial charge in [0.05, 0.1) is 0 Å². The van der Waals surface area contributed by atoms with Gasteiger partial charge in [-0.3, -0.25) is 4.63 Å². The summed E-state index contributed by atoms with van der Waals surface area (Å²) in [6, 6.07) is 0. The lowest BCUT2D eigenvalue weighted by atomic mass is 13.4. The summed E-state index contributed by atoms with van der Waals surface area (Å²) in [4.78, 5) is 5.92. The Morgan fingerprint density at radius 2 is 2.25 bits per heavy atom. The van der Waals surface area contributed by atoms with Crippen molar-refractivity contribution in [2.24, 2.45) is 0 Å². The van der Waals surface area contributed by atoms with Gasteiger partial charge < -0.3 is 0 Å². The van der Waals surface area contributed by atoms with Crippen LogP contribution >= 0.6 is 0 Å². The summed E-state index contributed by atoms with van der Waals surface area (Å²) in [5.74, 6) is 0. The van der Waals surface area contributed by atoms with Crippen LogP contribution in [-0.2, 0) is 0 Å². The normalized spacial score (nSPS) is 8.00. The summed E-state index contributed by atoms with van der Waals surface area (Å²) >= 11 is 0. The van der Waals surface area contributed by atoms with Gasteiger partial charge in [-0.25, -0.2) is 4.81 Å². The molecule has 4 heavy (non-hydrogen) atoms. The Bertz CT molecular complexity index is 47.8. The highest BCUT2D eigenvalue weighted by Gasteiger charge is 1.60. The average Bonchev–Trinajstić information content (AvgIpc) is 0.722. The SMILES string of the molecule is n1o[nH][siH]1. The molecule has 0 spiro atoms. The highest BCUT2D eigenvalue weighted by atomic mass is 28.2. The lowest BCUT2D eigenvalue weighted by Crippen LogP contribution is -1.87. The van der Waals surface area contributed by atoms with E-state index in [2.05, 4.69) is 14.3 Å². The zero-order valence-corrected chi connectivity index (χ0v) is 3.09. The topological polar surface area (TPSA) is 41.8 Å². The second kappa shape index (κ2) is 0.523. The predicted molar refractivity (Wildman–Crippen MR) is 13.6 cm³/mol. The van der Waals surface area contributed by atoms with Crippen molar-refractivity contribution in [1.82, 2.24) is 9.62 Å². The standard InChI is InChI=1S/H2N2OSi/c1-3-2-4-1/h1,4H. The molecule has 0 unspecified atom stereocenters. The summed E-state index contributed by atoms with van der Waals surface area (Å²) in [5, 5.41) is 0. The molecule has 0 saturated carbocycles. The number of aromatic amines is 1. The Morgan fingerprint density at radius 1 is 2.00 bits per heavy atom. The van der Waals surface area contributed by atoms with Crippen LogP contribution in [0.4, 0.5) is 0 Å². The second-order valence-electron chi connectivity index (χ2n) is 0.444. The first-order valence-electron chi connectivity index (χ1n) is 0.934.